The maximum atomic E-state index is 12.8. The zero-order valence-electron chi connectivity index (χ0n) is 23.8. The van der Waals surface area contributed by atoms with Crippen LogP contribution in [0.4, 0.5) is 4.79 Å². The zero-order chi connectivity index (χ0) is 27.2. The third kappa shape index (κ3) is 7.66. The summed E-state index contributed by atoms with van der Waals surface area (Å²) >= 11 is 0. The van der Waals surface area contributed by atoms with Crippen molar-refractivity contribution < 1.29 is 9.53 Å². The summed E-state index contributed by atoms with van der Waals surface area (Å²) < 4.78 is 5.67. The second kappa shape index (κ2) is 11.9. The molecule has 0 unspecified atom stereocenters. The number of nitrogens with zero attached hydrogens (tertiary/aromatic N) is 5. The van der Waals surface area contributed by atoms with Crippen LogP contribution in [-0.4, -0.2) is 69.5 Å². The summed E-state index contributed by atoms with van der Waals surface area (Å²) in [5.41, 5.74) is 3.33. The van der Waals surface area contributed by atoms with E-state index in [4.69, 9.17) is 4.74 Å². The average Bonchev–Trinajstić information content (AvgIpc) is 3.59. The molecule has 1 N–H and O–H groups in total. The molecular weight excluding hydrogens is 464 g/mol. The normalized spacial score (nSPS) is 17.5. The summed E-state index contributed by atoms with van der Waals surface area (Å²) in [5, 5.41) is 3.50. The molecule has 1 saturated heterocycles. The van der Waals surface area contributed by atoms with Gasteiger partial charge >= 0.3 is 6.09 Å². The molecule has 4 rings (SSSR count). The lowest BCUT2D eigenvalue weighted by Crippen LogP contribution is -2.58. The van der Waals surface area contributed by atoms with Crippen molar-refractivity contribution in [2.75, 3.05) is 26.7 Å². The molecule has 1 aromatic carbocycles. The highest BCUT2D eigenvalue weighted by molar-refractivity contribution is 5.97. The van der Waals surface area contributed by atoms with Gasteiger partial charge in [-0.05, 0) is 64.2 Å². The molecule has 202 valence electrons. The van der Waals surface area contributed by atoms with E-state index in [0.717, 1.165) is 60.0 Å². The number of benzene rings is 1. The van der Waals surface area contributed by atoms with Gasteiger partial charge in [-0.3, -0.25) is 19.9 Å². The van der Waals surface area contributed by atoms with E-state index in [2.05, 4.69) is 64.2 Å². The van der Waals surface area contributed by atoms with E-state index in [1.165, 1.54) is 0 Å². The van der Waals surface area contributed by atoms with Crippen LogP contribution in [-0.2, 0) is 11.3 Å². The number of carbonyl (C=O) groups excluding carboxylic acids is 1. The minimum Gasteiger partial charge on any atom is -0.444 e. The Morgan fingerprint density at radius 1 is 1.16 bits per heavy atom. The standard InChI is InChI=1S/C25H34N6O2.C4H10/c1-6-21(22(26-5)29-16-18-7-8-19-20(15-18)28-12-11-27-19)30-13-14-31(25(17-30)9-10-25)23(32)33-24(2,3)4;1-4(2)3/h6-8,11-12,15H,9-10,13-14,16-17H2,1-5H3,(H,26,29);4H,1-3H3/b21-6+;. The Balaban J connectivity index is 0.000000886. The lowest BCUT2D eigenvalue weighted by Gasteiger charge is -2.44. The number of piperazine rings is 1. The number of ether oxygens (including phenoxy) is 1. The van der Waals surface area contributed by atoms with E-state index < -0.39 is 5.60 Å². The summed E-state index contributed by atoms with van der Waals surface area (Å²) in [4.78, 5) is 30.3. The van der Waals surface area contributed by atoms with E-state index in [9.17, 15) is 4.79 Å². The van der Waals surface area contributed by atoms with Crippen LogP contribution in [0.5, 0.6) is 0 Å². The third-order valence-corrected chi connectivity index (χ3v) is 6.17. The number of carbonyl (C=O) groups is 1. The Morgan fingerprint density at radius 2 is 1.81 bits per heavy atom. The molecule has 0 radical (unpaired) electrons. The molecule has 2 heterocycles. The molecule has 8 nitrogen and oxygen atoms in total. The number of hydrogen-bond donors (Lipinski definition) is 1. The van der Waals surface area contributed by atoms with Gasteiger partial charge in [0.25, 0.3) is 0 Å². The highest BCUT2D eigenvalue weighted by Gasteiger charge is 2.54. The van der Waals surface area contributed by atoms with Crippen molar-refractivity contribution >= 4 is 23.0 Å². The number of aromatic nitrogens is 2. The minimum absolute atomic E-state index is 0.134. The highest BCUT2D eigenvalue weighted by Crippen LogP contribution is 2.45. The Kier molecular flexibility index (Phi) is 9.16. The Morgan fingerprint density at radius 3 is 2.38 bits per heavy atom. The van der Waals surface area contributed by atoms with Crippen molar-refractivity contribution in [3.8, 4) is 0 Å². The molecule has 1 saturated carbocycles. The van der Waals surface area contributed by atoms with Gasteiger partial charge in [0.1, 0.15) is 11.4 Å². The largest absolute Gasteiger partial charge is 0.444 e. The van der Waals surface area contributed by atoms with Crippen LogP contribution < -0.4 is 5.32 Å². The molecule has 1 aliphatic carbocycles. The van der Waals surface area contributed by atoms with Gasteiger partial charge in [-0.25, -0.2) is 4.79 Å². The van der Waals surface area contributed by atoms with E-state index in [-0.39, 0.29) is 11.6 Å². The molecule has 1 spiro atoms. The quantitative estimate of drug-likeness (QED) is 0.440. The Bertz CT molecular complexity index is 1130. The number of aliphatic imine (C=N–C) groups is 1. The summed E-state index contributed by atoms with van der Waals surface area (Å²) in [6.07, 6.45) is 7.31. The van der Waals surface area contributed by atoms with Crippen LogP contribution in [0.25, 0.3) is 11.0 Å². The van der Waals surface area contributed by atoms with E-state index >= 15 is 0 Å². The van der Waals surface area contributed by atoms with Crippen molar-refractivity contribution in [2.45, 2.75) is 79.0 Å². The van der Waals surface area contributed by atoms with Gasteiger partial charge in [0.15, 0.2) is 0 Å². The van der Waals surface area contributed by atoms with E-state index in [1.54, 1.807) is 12.4 Å². The van der Waals surface area contributed by atoms with Crippen LogP contribution >= 0.6 is 0 Å². The second-order valence-corrected chi connectivity index (χ2v) is 11.5. The fraction of sp³-hybridized carbons (Fsp3) is 0.586. The van der Waals surface area contributed by atoms with Gasteiger partial charge < -0.3 is 15.0 Å². The first-order valence-corrected chi connectivity index (χ1v) is 13.3. The van der Waals surface area contributed by atoms with E-state index in [1.807, 2.05) is 45.7 Å². The Labute approximate surface area is 222 Å². The number of hydrogen-bond acceptors (Lipinski definition) is 6. The van der Waals surface area contributed by atoms with Gasteiger partial charge in [-0.2, -0.15) is 0 Å². The molecule has 1 aromatic heterocycles. The molecule has 2 fully saturated rings. The summed E-state index contributed by atoms with van der Waals surface area (Å²) in [6, 6.07) is 6.10. The predicted octanol–water partition coefficient (Wildman–Crippen LogP) is 5.40. The van der Waals surface area contributed by atoms with Crippen LogP contribution in [0, 0.1) is 5.92 Å². The molecule has 1 amide bonds. The average molecular weight is 509 g/mol. The first-order chi connectivity index (χ1) is 17.5. The van der Waals surface area contributed by atoms with Gasteiger partial charge in [-0.1, -0.05) is 32.9 Å². The van der Waals surface area contributed by atoms with Crippen molar-refractivity contribution in [2.24, 2.45) is 10.9 Å². The van der Waals surface area contributed by atoms with Crippen LogP contribution in [0.15, 0.2) is 47.4 Å². The zero-order valence-corrected chi connectivity index (χ0v) is 23.8. The first-order valence-electron chi connectivity index (χ1n) is 13.3. The lowest BCUT2D eigenvalue weighted by molar-refractivity contribution is -0.00215. The number of rotatable bonds is 4. The fourth-order valence-corrected chi connectivity index (χ4v) is 4.42. The molecule has 1 aliphatic heterocycles. The number of amides is 1. The maximum absolute atomic E-state index is 12.8. The monoisotopic (exact) mass is 508 g/mol. The van der Waals surface area contributed by atoms with Crippen molar-refractivity contribution in [1.29, 1.82) is 0 Å². The molecule has 2 aliphatic rings. The molecule has 2 aromatic rings. The lowest BCUT2D eigenvalue weighted by atomic mass is 10.1. The molecular formula is C29H44N6O2. The molecule has 8 heteroatoms. The van der Waals surface area contributed by atoms with Crippen molar-refractivity contribution in [3.05, 3.63) is 47.9 Å². The third-order valence-electron chi connectivity index (χ3n) is 6.17. The second-order valence-electron chi connectivity index (χ2n) is 11.5. The van der Waals surface area contributed by atoms with Crippen LogP contribution in [0.3, 0.4) is 0 Å². The number of nitrogens with one attached hydrogen (secondary N) is 1. The summed E-state index contributed by atoms with van der Waals surface area (Å²) in [5.74, 6) is 1.68. The number of allylic oxidation sites excluding steroid dienone is 1. The topological polar surface area (TPSA) is 83.0 Å². The van der Waals surface area contributed by atoms with Crippen LogP contribution in [0.1, 0.15) is 66.9 Å². The highest BCUT2D eigenvalue weighted by atomic mass is 16.6. The van der Waals surface area contributed by atoms with Gasteiger partial charge in [0.2, 0.25) is 0 Å². The van der Waals surface area contributed by atoms with Crippen molar-refractivity contribution in [1.82, 2.24) is 25.1 Å². The van der Waals surface area contributed by atoms with E-state index in [0.29, 0.717) is 13.1 Å². The number of fused-ring (bicyclic) bond motifs is 1. The maximum Gasteiger partial charge on any atom is 0.410 e. The number of amidine groups is 1. The van der Waals surface area contributed by atoms with Gasteiger partial charge in [0.05, 0.1) is 22.3 Å². The SMILES string of the molecule is C/C=C(\C(=NC)NCc1ccc2nccnc2c1)N1CCN(C(=O)OC(C)(C)C)C2(CC2)C1.CC(C)C. The smallest absolute Gasteiger partial charge is 0.410 e. The fourth-order valence-electron chi connectivity index (χ4n) is 4.42. The summed E-state index contributed by atoms with van der Waals surface area (Å²) in [6.45, 7) is 17.1. The predicted molar refractivity (Wildman–Crippen MR) is 150 cm³/mol. The van der Waals surface area contributed by atoms with Crippen LogP contribution in [0.2, 0.25) is 0 Å². The van der Waals surface area contributed by atoms with Gasteiger partial charge in [0, 0.05) is 45.6 Å². The Hall–Kier alpha value is -3.16. The molecule has 0 bridgehead atoms. The summed E-state index contributed by atoms with van der Waals surface area (Å²) in [7, 11) is 1.81. The molecule has 37 heavy (non-hydrogen) atoms. The minimum atomic E-state index is -0.487. The molecule has 0 atom stereocenters. The van der Waals surface area contributed by atoms with Gasteiger partial charge in [-0.15, -0.1) is 0 Å². The first kappa shape index (κ1) is 28.4. The van der Waals surface area contributed by atoms with Crippen molar-refractivity contribution in [3.63, 3.8) is 0 Å².